The van der Waals surface area contributed by atoms with Gasteiger partial charge < -0.3 is 9.30 Å². The highest BCUT2D eigenvalue weighted by Gasteiger charge is 2.30. The lowest BCUT2D eigenvalue weighted by Crippen LogP contribution is -2.05. The zero-order chi connectivity index (χ0) is 20.3. The van der Waals surface area contributed by atoms with Crippen LogP contribution in [0.1, 0.15) is 22.5 Å². The molecule has 0 radical (unpaired) electrons. The summed E-state index contributed by atoms with van der Waals surface area (Å²) in [4.78, 5) is 0. The second-order valence-electron chi connectivity index (χ2n) is 6.17. The van der Waals surface area contributed by atoms with E-state index < -0.39 is 11.7 Å². The number of aromatic nitrogens is 3. The number of hydrogen-bond donors (Lipinski definition) is 0. The molecule has 1 heterocycles. The van der Waals surface area contributed by atoms with Crippen molar-refractivity contribution in [3.8, 4) is 5.75 Å². The average molecular weight is 428 g/mol. The summed E-state index contributed by atoms with van der Waals surface area (Å²) in [7, 11) is 1.78. The fraction of sp³-hybridized carbons (Fsp3) is 0.263. The average Bonchev–Trinajstić information content (AvgIpc) is 3.00. The van der Waals surface area contributed by atoms with Crippen molar-refractivity contribution < 1.29 is 17.9 Å². The van der Waals surface area contributed by atoms with Crippen LogP contribution in [0.2, 0.25) is 5.02 Å². The van der Waals surface area contributed by atoms with E-state index in [4.69, 9.17) is 16.3 Å². The number of thioether (sulfide) groups is 1. The van der Waals surface area contributed by atoms with Crippen LogP contribution in [-0.4, -0.2) is 14.8 Å². The van der Waals surface area contributed by atoms with Crippen molar-refractivity contribution >= 4 is 23.4 Å². The molecule has 0 bridgehead atoms. The van der Waals surface area contributed by atoms with E-state index in [0.717, 1.165) is 17.7 Å². The second kappa shape index (κ2) is 8.45. The minimum Gasteiger partial charge on any atom is -0.484 e. The molecule has 0 aliphatic rings. The zero-order valence-corrected chi connectivity index (χ0v) is 16.7. The first-order valence-corrected chi connectivity index (χ1v) is 9.66. The van der Waals surface area contributed by atoms with Gasteiger partial charge in [-0.2, -0.15) is 13.2 Å². The minimum absolute atomic E-state index is 0.177. The van der Waals surface area contributed by atoms with Crippen molar-refractivity contribution in [3.05, 3.63) is 70.0 Å². The molecule has 0 unspecified atom stereocenters. The highest BCUT2D eigenvalue weighted by atomic mass is 35.5. The predicted molar refractivity (Wildman–Crippen MR) is 103 cm³/mol. The fourth-order valence-corrected chi connectivity index (χ4v) is 3.49. The first kappa shape index (κ1) is 20.5. The Balaban J connectivity index is 1.64. The standard InChI is InChI=1S/C19H17ClF3N3OS/c1-12-6-7-15(20)16(8-12)27-10-17-24-25-18(26(17)2)28-11-13-4-3-5-14(9-13)19(21,22)23/h3-9H,10-11H2,1-2H3. The SMILES string of the molecule is Cc1ccc(Cl)c(OCc2nnc(SCc3cccc(C(F)(F)F)c3)n2C)c1. The van der Waals surface area contributed by atoms with E-state index in [9.17, 15) is 13.2 Å². The van der Waals surface area contributed by atoms with Crippen LogP contribution < -0.4 is 4.74 Å². The summed E-state index contributed by atoms with van der Waals surface area (Å²) < 4.78 is 45.9. The van der Waals surface area contributed by atoms with Crippen LogP contribution in [0.25, 0.3) is 0 Å². The summed E-state index contributed by atoms with van der Waals surface area (Å²) in [6.07, 6.45) is -4.35. The molecular weight excluding hydrogens is 411 g/mol. The molecule has 4 nitrogen and oxygen atoms in total. The van der Waals surface area contributed by atoms with Crippen LogP contribution in [0.15, 0.2) is 47.6 Å². The Labute approximate surface area is 169 Å². The van der Waals surface area contributed by atoms with E-state index in [-0.39, 0.29) is 6.61 Å². The molecule has 0 aliphatic carbocycles. The molecule has 1 aromatic heterocycles. The van der Waals surface area contributed by atoms with Crippen molar-refractivity contribution in [2.75, 3.05) is 0 Å². The first-order valence-electron chi connectivity index (χ1n) is 8.30. The number of benzene rings is 2. The van der Waals surface area contributed by atoms with Gasteiger partial charge in [-0.1, -0.05) is 47.6 Å². The van der Waals surface area contributed by atoms with Crippen LogP contribution in [0.3, 0.4) is 0 Å². The van der Waals surface area contributed by atoms with Crippen molar-refractivity contribution in [3.63, 3.8) is 0 Å². The third-order valence-electron chi connectivity index (χ3n) is 3.99. The molecule has 0 spiro atoms. The van der Waals surface area contributed by atoms with Gasteiger partial charge in [0.15, 0.2) is 11.0 Å². The molecule has 0 atom stereocenters. The van der Waals surface area contributed by atoms with Gasteiger partial charge in [0, 0.05) is 12.8 Å². The van der Waals surface area contributed by atoms with Crippen molar-refractivity contribution in [2.24, 2.45) is 7.05 Å². The van der Waals surface area contributed by atoms with Gasteiger partial charge in [-0.25, -0.2) is 0 Å². The summed E-state index contributed by atoms with van der Waals surface area (Å²) in [5, 5.41) is 9.29. The van der Waals surface area contributed by atoms with Gasteiger partial charge in [0.2, 0.25) is 0 Å². The van der Waals surface area contributed by atoms with Gasteiger partial charge in [0.1, 0.15) is 12.4 Å². The molecule has 0 fully saturated rings. The summed E-state index contributed by atoms with van der Waals surface area (Å²) in [5.41, 5.74) is 0.926. The Hall–Kier alpha value is -2.19. The zero-order valence-electron chi connectivity index (χ0n) is 15.1. The third-order valence-corrected chi connectivity index (χ3v) is 5.39. The molecule has 9 heteroatoms. The maximum atomic E-state index is 12.8. The van der Waals surface area contributed by atoms with E-state index >= 15 is 0 Å². The molecule has 3 aromatic rings. The maximum absolute atomic E-state index is 12.8. The third kappa shape index (κ3) is 4.99. The van der Waals surface area contributed by atoms with E-state index in [1.807, 2.05) is 19.1 Å². The van der Waals surface area contributed by atoms with E-state index in [2.05, 4.69) is 10.2 Å². The number of nitrogens with zero attached hydrogens (tertiary/aromatic N) is 3. The number of ether oxygens (including phenoxy) is 1. The normalized spacial score (nSPS) is 11.6. The Bertz CT molecular complexity index is 975. The van der Waals surface area contributed by atoms with Crippen LogP contribution >= 0.6 is 23.4 Å². The lowest BCUT2D eigenvalue weighted by atomic mass is 10.1. The molecule has 0 aliphatic heterocycles. The van der Waals surface area contributed by atoms with Crippen LogP contribution in [-0.2, 0) is 25.6 Å². The fourth-order valence-electron chi connectivity index (χ4n) is 2.45. The smallest absolute Gasteiger partial charge is 0.416 e. The number of hydrogen-bond acceptors (Lipinski definition) is 4. The van der Waals surface area contributed by atoms with Gasteiger partial charge in [0.05, 0.1) is 10.6 Å². The van der Waals surface area contributed by atoms with E-state index in [1.54, 1.807) is 23.7 Å². The van der Waals surface area contributed by atoms with E-state index in [0.29, 0.717) is 33.1 Å². The molecule has 148 valence electrons. The second-order valence-corrected chi connectivity index (χ2v) is 7.52. The van der Waals surface area contributed by atoms with Crippen LogP contribution in [0.5, 0.6) is 5.75 Å². The van der Waals surface area contributed by atoms with Crippen LogP contribution in [0.4, 0.5) is 13.2 Å². The van der Waals surface area contributed by atoms with Gasteiger partial charge in [-0.3, -0.25) is 0 Å². The molecular formula is C19H17ClF3N3OS. The minimum atomic E-state index is -4.35. The molecule has 0 N–H and O–H groups in total. The lowest BCUT2D eigenvalue weighted by Gasteiger charge is -2.09. The lowest BCUT2D eigenvalue weighted by molar-refractivity contribution is -0.137. The largest absolute Gasteiger partial charge is 0.484 e. The summed E-state index contributed by atoms with van der Waals surface area (Å²) in [6, 6.07) is 10.7. The number of halogens is 4. The van der Waals surface area contributed by atoms with Gasteiger partial charge in [0.25, 0.3) is 0 Å². The molecule has 0 amide bonds. The van der Waals surface area contributed by atoms with Crippen LogP contribution in [0, 0.1) is 6.92 Å². The molecule has 28 heavy (non-hydrogen) atoms. The Kier molecular flexibility index (Phi) is 6.20. The highest BCUT2D eigenvalue weighted by Crippen LogP contribution is 2.31. The monoisotopic (exact) mass is 427 g/mol. The Morgan fingerprint density at radius 3 is 2.68 bits per heavy atom. The van der Waals surface area contributed by atoms with Gasteiger partial charge in [-0.05, 0) is 36.2 Å². The molecule has 0 saturated carbocycles. The van der Waals surface area contributed by atoms with Crippen molar-refractivity contribution in [1.29, 1.82) is 0 Å². The predicted octanol–water partition coefficient (Wildman–Crippen LogP) is 5.67. The van der Waals surface area contributed by atoms with Gasteiger partial charge in [-0.15, -0.1) is 10.2 Å². The van der Waals surface area contributed by atoms with Crippen molar-refractivity contribution in [2.45, 2.75) is 30.6 Å². The molecule has 0 saturated heterocycles. The number of aryl methyl sites for hydroxylation is 1. The van der Waals surface area contributed by atoms with E-state index in [1.165, 1.54) is 17.8 Å². The molecule has 3 rings (SSSR count). The maximum Gasteiger partial charge on any atom is 0.416 e. The quantitative estimate of drug-likeness (QED) is 0.475. The number of rotatable bonds is 6. The summed E-state index contributed by atoms with van der Waals surface area (Å²) >= 11 is 7.43. The molecule has 2 aromatic carbocycles. The topological polar surface area (TPSA) is 39.9 Å². The Morgan fingerprint density at radius 2 is 1.93 bits per heavy atom. The highest BCUT2D eigenvalue weighted by molar-refractivity contribution is 7.98. The summed E-state index contributed by atoms with van der Waals surface area (Å²) in [6.45, 7) is 2.12. The van der Waals surface area contributed by atoms with Crippen molar-refractivity contribution in [1.82, 2.24) is 14.8 Å². The number of alkyl halides is 3. The Morgan fingerprint density at radius 1 is 1.14 bits per heavy atom. The first-order chi connectivity index (χ1) is 13.2. The van der Waals surface area contributed by atoms with Gasteiger partial charge >= 0.3 is 6.18 Å². The summed E-state index contributed by atoms with van der Waals surface area (Å²) in [5.74, 6) is 1.49.